The molecule has 0 spiro atoms. The van der Waals surface area contributed by atoms with Crippen LogP contribution in [-0.4, -0.2) is 41.1 Å². The Hall–Kier alpha value is -2.11. The quantitative estimate of drug-likeness (QED) is 0.830. The van der Waals surface area contributed by atoms with E-state index in [4.69, 9.17) is 9.84 Å². The van der Waals surface area contributed by atoms with Crippen molar-refractivity contribution in [3.05, 3.63) is 30.1 Å². The highest BCUT2D eigenvalue weighted by Crippen LogP contribution is 2.12. The monoisotopic (exact) mass is 283 g/mol. The molecule has 1 N–H and O–H groups in total. The molecule has 0 atom stereocenters. The van der Waals surface area contributed by atoms with Gasteiger partial charge in [-0.3, -0.25) is 9.59 Å². The van der Waals surface area contributed by atoms with E-state index in [2.05, 4.69) is 0 Å². The third kappa shape index (κ3) is 5.26. The normalized spacial score (nSPS) is 10.4. The molecule has 0 heterocycles. The van der Waals surface area contributed by atoms with Gasteiger partial charge in [-0.05, 0) is 26.0 Å². The van der Waals surface area contributed by atoms with E-state index in [1.807, 2.05) is 0 Å². The fourth-order valence-electron chi connectivity index (χ4n) is 1.66. The second-order valence-electron chi connectivity index (χ2n) is 4.56. The van der Waals surface area contributed by atoms with Gasteiger partial charge in [-0.1, -0.05) is 6.07 Å². The van der Waals surface area contributed by atoms with Gasteiger partial charge in [0.25, 0.3) is 0 Å². The Bertz CT molecular complexity index is 476. The van der Waals surface area contributed by atoms with Crippen LogP contribution in [-0.2, 0) is 9.59 Å². The Morgan fingerprint density at radius 3 is 2.65 bits per heavy atom. The highest BCUT2D eigenvalue weighted by Gasteiger charge is 2.19. The van der Waals surface area contributed by atoms with E-state index in [1.54, 1.807) is 19.9 Å². The van der Waals surface area contributed by atoms with E-state index in [9.17, 15) is 14.0 Å². The largest absolute Gasteiger partial charge is 0.493 e. The number of carboxylic acids is 1. The smallest absolute Gasteiger partial charge is 0.323 e. The standard InChI is InChI=1S/C14H18FNO4/c1-10(2)16(9-14(18)19)13(17)6-7-20-12-5-3-4-11(15)8-12/h3-5,8,10H,6-7,9H2,1-2H3,(H,18,19). The highest BCUT2D eigenvalue weighted by molar-refractivity contribution is 5.81. The van der Waals surface area contributed by atoms with Crippen molar-refractivity contribution in [2.75, 3.05) is 13.2 Å². The Balaban J connectivity index is 2.47. The summed E-state index contributed by atoms with van der Waals surface area (Å²) < 4.78 is 18.2. The summed E-state index contributed by atoms with van der Waals surface area (Å²) in [7, 11) is 0. The summed E-state index contributed by atoms with van der Waals surface area (Å²) >= 11 is 0. The van der Waals surface area contributed by atoms with Gasteiger partial charge in [0, 0.05) is 12.1 Å². The zero-order valence-electron chi connectivity index (χ0n) is 11.5. The summed E-state index contributed by atoms with van der Waals surface area (Å²) in [6, 6.07) is 5.42. The fourth-order valence-corrected chi connectivity index (χ4v) is 1.66. The van der Waals surface area contributed by atoms with Gasteiger partial charge in [0.15, 0.2) is 0 Å². The fraction of sp³-hybridized carbons (Fsp3) is 0.429. The molecule has 110 valence electrons. The molecule has 0 aliphatic heterocycles. The van der Waals surface area contributed by atoms with Crippen LogP contribution in [0.25, 0.3) is 0 Å². The molecule has 0 aliphatic rings. The number of halogens is 1. The van der Waals surface area contributed by atoms with Crippen LogP contribution in [0.1, 0.15) is 20.3 Å². The maximum atomic E-state index is 12.9. The summed E-state index contributed by atoms with van der Waals surface area (Å²) in [4.78, 5) is 23.8. The number of benzene rings is 1. The highest BCUT2D eigenvalue weighted by atomic mass is 19.1. The number of carbonyl (C=O) groups is 2. The van der Waals surface area contributed by atoms with Crippen molar-refractivity contribution in [3.63, 3.8) is 0 Å². The minimum Gasteiger partial charge on any atom is -0.493 e. The minimum atomic E-state index is -1.06. The van der Waals surface area contributed by atoms with Crippen molar-refractivity contribution in [2.45, 2.75) is 26.3 Å². The molecule has 0 saturated carbocycles. The molecule has 0 unspecified atom stereocenters. The van der Waals surface area contributed by atoms with Crippen LogP contribution in [0.5, 0.6) is 5.75 Å². The lowest BCUT2D eigenvalue weighted by Gasteiger charge is -2.24. The van der Waals surface area contributed by atoms with Crippen LogP contribution in [0.4, 0.5) is 4.39 Å². The first kappa shape index (κ1) is 15.9. The molecule has 0 aliphatic carbocycles. The number of amides is 1. The van der Waals surface area contributed by atoms with E-state index in [0.717, 1.165) is 0 Å². The number of carbonyl (C=O) groups excluding carboxylic acids is 1. The van der Waals surface area contributed by atoms with Crippen molar-refractivity contribution in [2.24, 2.45) is 0 Å². The van der Waals surface area contributed by atoms with Crippen LogP contribution in [0, 0.1) is 5.82 Å². The summed E-state index contributed by atoms with van der Waals surface area (Å²) in [5.41, 5.74) is 0. The Morgan fingerprint density at radius 1 is 1.40 bits per heavy atom. The first-order valence-electron chi connectivity index (χ1n) is 6.29. The average molecular weight is 283 g/mol. The molecule has 0 aromatic heterocycles. The minimum absolute atomic E-state index is 0.0436. The SMILES string of the molecule is CC(C)N(CC(=O)O)C(=O)CCOc1cccc(F)c1. The van der Waals surface area contributed by atoms with Crippen LogP contribution in [0.3, 0.4) is 0 Å². The number of hydrogen-bond acceptors (Lipinski definition) is 3. The molecule has 6 heteroatoms. The van der Waals surface area contributed by atoms with Crippen molar-refractivity contribution in [1.29, 1.82) is 0 Å². The third-order valence-corrected chi connectivity index (χ3v) is 2.63. The third-order valence-electron chi connectivity index (χ3n) is 2.63. The predicted molar refractivity (Wildman–Crippen MR) is 71.0 cm³/mol. The molecule has 1 aromatic carbocycles. The number of aliphatic carboxylic acids is 1. The first-order valence-corrected chi connectivity index (χ1v) is 6.29. The van der Waals surface area contributed by atoms with Crippen molar-refractivity contribution in [3.8, 4) is 5.75 Å². The van der Waals surface area contributed by atoms with Gasteiger partial charge >= 0.3 is 5.97 Å². The number of ether oxygens (including phenoxy) is 1. The van der Waals surface area contributed by atoms with Gasteiger partial charge in [0.2, 0.25) is 5.91 Å². The number of rotatable bonds is 7. The Morgan fingerprint density at radius 2 is 2.10 bits per heavy atom. The van der Waals surface area contributed by atoms with Gasteiger partial charge in [-0.15, -0.1) is 0 Å². The number of hydrogen-bond donors (Lipinski definition) is 1. The summed E-state index contributed by atoms with van der Waals surface area (Å²) in [5, 5.41) is 8.75. The molecule has 5 nitrogen and oxygen atoms in total. The maximum Gasteiger partial charge on any atom is 0.323 e. The molecule has 1 aromatic rings. The number of carboxylic acid groups (broad SMARTS) is 1. The Labute approximate surface area is 117 Å². The van der Waals surface area contributed by atoms with Crippen LogP contribution >= 0.6 is 0 Å². The topological polar surface area (TPSA) is 66.8 Å². The summed E-state index contributed by atoms with van der Waals surface area (Å²) in [6.07, 6.45) is 0.0436. The lowest BCUT2D eigenvalue weighted by molar-refractivity contribution is -0.146. The predicted octanol–water partition coefficient (Wildman–Crippen LogP) is 1.92. The van der Waals surface area contributed by atoms with E-state index in [1.165, 1.54) is 23.1 Å². The van der Waals surface area contributed by atoms with Crippen LogP contribution in [0.2, 0.25) is 0 Å². The molecular weight excluding hydrogens is 265 g/mol. The molecule has 0 bridgehead atoms. The van der Waals surface area contributed by atoms with E-state index in [0.29, 0.717) is 5.75 Å². The van der Waals surface area contributed by atoms with Crippen LogP contribution in [0.15, 0.2) is 24.3 Å². The zero-order chi connectivity index (χ0) is 15.1. The van der Waals surface area contributed by atoms with Gasteiger partial charge in [0.1, 0.15) is 18.1 Å². The first-order chi connectivity index (χ1) is 9.40. The van der Waals surface area contributed by atoms with Gasteiger partial charge in [0.05, 0.1) is 13.0 Å². The maximum absolute atomic E-state index is 12.9. The average Bonchev–Trinajstić information content (AvgIpc) is 2.35. The second-order valence-corrected chi connectivity index (χ2v) is 4.56. The molecule has 1 amide bonds. The summed E-state index contributed by atoms with van der Waals surface area (Å²) in [5.74, 6) is -1.44. The summed E-state index contributed by atoms with van der Waals surface area (Å²) in [6.45, 7) is 3.23. The van der Waals surface area contributed by atoms with Crippen LogP contribution < -0.4 is 4.74 Å². The zero-order valence-corrected chi connectivity index (χ0v) is 11.5. The van der Waals surface area contributed by atoms with Crippen molar-refractivity contribution < 1.29 is 23.8 Å². The van der Waals surface area contributed by atoms with Gasteiger partial charge < -0.3 is 14.7 Å². The van der Waals surface area contributed by atoms with E-state index in [-0.39, 0.29) is 31.5 Å². The molecular formula is C14H18FNO4. The number of nitrogens with zero attached hydrogens (tertiary/aromatic N) is 1. The lowest BCUT2D eigenvalue weighted by Crippen LogP contribution is -2.41. The molecule has 0 saturated heterocycles. The van der Waals surface area contributed by atoms with E-state index >= 15 is 0 Å². The molecule has 0 radical (unpaired) electrons. The lowest BCUT2D eigenvalue weighted by atomic mass is 10.2. The van der Waals surface area contributed by atoms with Crippen molar-refractivity contribution in [1.82, 2.24) is 4.90 Å². The molecule has 1 rings (SSSR count). The van der Waals surface area contributed by atoms with Crippen molar-refractivity contribution >= 4 is 11.9 Å². The molecule has 0 fully saturated rings. The second kappa shape index (κ2) is 7.47. The van der Waals surface area contributed by atoms with Gasteiger partial charge in [-0.25, -0.2) is 4.39 Å². The van der Waals surface area contributed by atoms with Gasteiger partial charge in [-0.2, -0.15) is 0 Å². The van der Waals surface area contributed by atoms with E-state index < -0.39 is 11.8 Å². The molecule has 20 heavy (non-hydrogen) atoms. The Kier molecular flexibility index (Phi) is 5.96.